The fourth-order valence-corrected chi connectivity index (χ4v) is 5.22. The number of nitriles is 1. The molecule has 0 N–H and O–H groups in total. The second-order valence-corrected chi connectivity index (χ2v) is 10.3. The van der Waals surface area contributed by atoms with Crippen LogP contribution in [0.5, 0.6) is 0 Å². The third-order valence-corrected chi connectivity index (χ3v) is 7.79. The van der Waals surface area contributed by atoms with Crippen LogP contribution in [0.4, 0.5) is 0 Å². The first kappa shape index (κ1) is 27.7. The summed E-state index contributed by atoms with van der Waals surface area (Å²) in [5.41, 5.74) is 4.30. The lowest BCUT2D eigenvalue weighted by Crippen LogP contribution is -2.35. The molecule has 2 aromatic carbocycles. The number of nitrogens with zero attached hydrogens (tertiary/aromatic N) is 2. The fourth-order valence-electron chi connectivity index (χ4n) is 4.65. The van der Waals surface area contributed by atoms with Crippen LogP contribution in [0.1, 0.15) is 75.5 Å². The van der Waals surface area contributed by atoms with Gasteiger partial charge >= 0.3 is 0 Å². The minimum Gasteiger partial charge on any atom is -0.300 e. The molecule has 1 fully saturated rings. The monoisotopic (exact) mass is 486 g/mol. The van der Waals surface area contributed by atoms with Gasteiger partial charge in [-0.2, -0.15) is 5.26 Å². The molecule has 2 nitrogen and oxygen atoms in total. The summed E-state index contributed by atoms with van der Waals surface area (Å²) in [5.74, 6) is 0.563. The molecular weight excluding hydrogens is 447 g/mol. The smallest absolute Gasteiger partial charge is 0.0587 e. The lowest BCUT2D eigenvalue weighted by atomic mass is 9.83. The molecular formula is C29H40Cl2N2. The van der Waals surface area contributed by atoms with E-state index in [1.165, 1.54) is 43.0 Å². The van der Waals surface area contributed by atoms with Gasteiger partial charge in [-0.3, -0.25) is 0 Å². The van der Waals surface area contributed by atoms with Crippen molar-refractivity contribution < 1.29 is 0 Å². The van der Waals surface area contributed by atoms with E-state index >= 15 is 0 Å². The molecule has 0 aliphatic heterocycles. The normalized spacial score (nSPS) is 21.1. The molecule has 33 heavy (non-hydrogen) atoms. The number of benzene rings is 2. The van der Waals surface area contributed by atoms with Gasteiger partial charge in [0.2, 0.25) is 0 Å². The van der Waals surface area contributed by atoms with Crippen LogP contribution in [0.15, 0.2) is 54.6 Å². The summed E-state index contributed by atoms with van der Waals surface area (Å²) in [7, 11) is 0. The Morgan fingerprint density at radius 2 is 1.58 bits per heavy atom. The van der Waals surface area contributed by atoms with Crippen LogP contribution < -0.4 is 0 Å². The first-order chi connectivity index (χ1) is 16.0. The van der Waals surface area contributed by atoms with Crippen molar-refractivity contribution in [2.45, 2.75) is 88.4 Å². The zero-order valence-corrected chi connectivity index (χ0v) is 22.0. The molecule has 0 bridgehead atoms. The highest BCUT2D eigenvalue weighted by Gasteiger charge is 2.28. The maximum absolute atomic E-state index is 7.32. The van der Waals surface area contributed by atoms with Crippen LogP contribution in [-0.2, 0) is 12.8 Å². The van der Waals surface area contributed by atoms with Gasteiger partial charge < -0.3 is 4.90 Å². The van der Waals surface area contributed by atoms with Crippen molar-refractivity contribution in [2.24, 2.45) is 0 Å². The van der Waals surface area contributed by atoms with Crippen LogP contribution in [0.25, 0.3) is 0 Å². The highest BCUT2D eigenvalue weighted by molar-refractivity contribution is 6.30. The molecule has 0 saturated heterocycles. The minimum atomic E-state index is 0.103. The SMILES string of the molecule is CC#N.CCCN(CCc1ccccc1)C(C)CCc1ccc(C2CCC(Cl)C(Cl)C2)cc1. The average Bonchev–Trinajstić information content (AvgIpc) is 2.83. The molecule has 4 atom stereocenters. The molecule has 1 saturated carbocycles. The van der Waals surface area contributed by atoms with Gasteiger partial charge in [0.25, 0.3) is 0 Å². The van der Waals surface area contributed by atoms with E-state index in [2.05, 4.69) is 73.3 Å². The van der Waals surface area contributed by atoms with E-state index in [1.54, 1.807) is 6.07 Å². The van der Waals surface area contributed by atoms with Crippen LogP contribution in [0.2, 0.25) is 0 Å². The second-order valence-electron chi connectivity index (χ2n) is 9.17. The van der Waals surface area contributed by atoms with Crippen molar-refractivity contribution in [2.75, 3.05) is 13.1 Å². The molecule has 0 radical (unpaired) electrons. The molecule has 3 rings (SSSR count). The Morgan fingerprint density at radius 3 is 2.18 bits per heavy atom. The van der Waals surface area contributed by atoms with Crippen LogP contribution in [0.3, 0.4) is 0 Å². The largest absolute Gasteiger partial charge is 0.300 e. The Bertz CT molecular complexity index is 816. The first-order valence-electron chi connectivity index (χ1n) is 12.4. The average molecular weight is 488 g/mol. The van der Waals surface area contributed by atoms with Gasteiger partial charge in [0.1, 0.15) is 0 Å². The quantitative estimate of drug-likeness (QED) is 0.318. The van der Waals surface area contributed by atoms with Gasteiger partial charge in [0, 0.05) is 24.9 Å². The van der Waals surface area contributed by atoms with E-state index in [4.69, 9.17) is 28.5 Å². The van der Waals surface area contributed by atoms with E-state index < -0.39 is 0 Å². The Labute approximate surface area is 211 Å². The van der Waals surface area contributed by atoms with E-state index in [0.29, 0.717) is 12.0 Å². The third kappa shape index (κ3) is 9.70. The molecule has 4 unspecified atom stereocenters. The van der Waals surface area contributed by atoms with Gasteiger partial charge in [0.05, 0.1) is 11.4 Å². The van der Waals surface area contributed by atoms with Crippen LogP contribution >= 0.6 is 23.2 Å². The zero-order valence-electron chi connectivity index (χ0n) is 20.5. The van der Waals surface area contributed by atoms with Gasteiger partial charge in [-0.25, -0.2) is 0 Å². The summed E-state index contributed by atoms with van der Waals surface area (Å²) >= 11 is 12.7. The highest BCUT2D eigenvalue weighted by Crippen LogP contribution is 2.37. The van der Waals surface area contributed by atoms with E-state index in [0.717, 1.165) is 38.6 Å². The van der Waals surface area contributed by atoms with Crippen molar-refractivity contribution in [1.29, 1.82) is 5.26 Å². The lowest BCUT2D eigenvalue weighted by molar-refractivity contribution is 0.202. The molecule has 1 aliphatic rings. The second kappa shape index (κ2) is 15.4. The van der Waals surface area contributed by atoms with Crippen LogP contribution in [0, 0.1) is 11.3 Å². The van der Waals surface area contributed by atoms with Crippen molar-refractivity contribution in [1.82, 2.24) is 4.90 Å². The van der Waals surface area contributed by atoms with Crippen LogP contribution in [-0.4, -0.2) is 34.8 Å². The predicted octanol–water partition coefficient (Wildman–Crippen LogP) is 7.97. The number of halogens is 2. The summed E-state index contributed by atoms with van der Waals surface area (Å²) in [6, 6.07) is 22.5. The third-order valence-electron chi connectivity index (χ3n) is 6.66. The van der Waals surface area contributed by atoms with E-state index in [-0.39, 0.29) is 10.8 Å². The minimum absolute atomic E-state index is 0.103. The molecule has 0 amide bonds. The highest BCUT2D eigenvalue weighted by atomic mass is 35.5. The summed E-state index contributed by atoms with van der Waals surface area (Å²) < 4.78 is 0. The summed E-state index contributed by atoms with van der Waals surface area (Å²) in [5, 5.41) is 7.56. The molecule has 1 aliphatic carbocycles. The molecule has 0 heterocycles. The number of hydrogen-bond acceptors (Lipinski definition) is 2. The van der Waals surface area contributed by atoms with Gasteiger partial charge in [-0.1, -0.05) is 61.5 Å². The molecule has 2 aromatic rings. The Kier molecular flexibility index (Phi) is 12.9. The maximum Gasteiger partial charge on any atom is 0.0587 e. The Balaban J connectivity index is 0.00000122. The van der Waals surface area contributed by atoms with Gasteiger partial charge in [-0.15, -0.1) is 23.2 Å². The van der Waals surface area contributed by atoms with Gasteiger partial charge in [0.15, 0.2) is 0 Å². The Morgan fingerprint density at radius 1 is 0.939 bits per heavy atom. The van der Waals surface area contributed by atoms with E-state index in [1.807, 2.05) is 0 Å². The van der Waals surface area contributed by atoms with Gasteiger partial charge in [-0.05, 0) is 81.0 Å². The Hall–Kier alpha value is -1.53. The molecule has 4 heteroatoms. The van der Waals surface area contributed by atoms with Crippen molar-refractivity contribution in [3.05, 3.63) is 71.3 Å². The molecule has 180 valence electrons. The van der Waals surface area contributed by atoms with Crippen molar-refractivity contribution in [3.63, 3.8) is 0 Å². The summed E-state index contributed by atoms with van der Waals surface area (Å²) in [4.78, 5) is 2.66. The predicted molar refractivity (Wildman–Crippen MR) is 143 cm³/mol. The number of rotatable bonds is 10. The number of aryl methyl sites for hydroxylation is 1. The molecule has 0 aromatic heterocycles. The molecule has 0 spiro atoms. The lowest BCUT2D eigenvalue weighted by Gasteiger charge is -2.30. The number of hydrogen-bond donors (Lipinski definition) is 0. The van der Waals surface area contributed by atoms with Crippen molar-refractivity contribution in [3.8, 4) is 6.07 Å². The number of alkyl halides is 2. The summed E-state index contributed by atoms with van der Waals surface area (Å²) in [6.45, 7) is 8.42. The van der Waals surface area contributed by atoms with Crippen molar-refractivity contribution >= 4 is 23.2 Å². The maximum atomic E-state index is 7.32. The topological polar surface area (TPSA) is 27.0 Å². The first-order valence-corrected chi connectivity index (χ1v) is 13.3. The summed E-state index contributed by atoms with van der Waals surface area (Å²) in [6.07, 6.45) is 7.86. The van der Waals surface area contributed by atoms with E-state index in [9.17, 15) is 0 Å². The standard InChI is InChI=1S/C27H37Cl2N.C2H3N/c1-3-18-30(19-17-22-7-5-4-6-8-22)21(2)9-10-23-11-13-24(14-12-23)25-15-16-26(28)27(29)20-25;1-2-3/h4-8,11-14,21,25-27H,3,9-10,15-20H2,1-2H3;1H3. The zero-order chi connectivity index (χ0) is 24.1. The fraction of sp³-hybridized carbons (Fsp3) is 0.552.